The van der Waals surface area contributed by atoms with Gasteiger partial charge in [0.2, 0.25) is 0 Å². The summed E-state index contributed by atoms with van der Waals surface area (Å²) in [7, 11) is 0.610. The standard InChI is InChI=1S/C30H51N3O6Si/c1-19(2)22(15-21-11-12-26(38-7)27(16-21)39-14-10-13-37-6)17-25(32-33-31)24-18-23(29(34)35)20(3)28(24)30(4,5)40(8,9)36/h11-12,16,19-20,22-25,28,36H,10,13-15,17-18H2,1-9H3,(H,34,35)/t20?,22-,23-,24-,25-,28?/m0/s1. The van der Waals surface area contributed by atoms with Crippen LogP contribution in [0.5, 0.6) is 11.5 Å². The van der Waals surface area contributed by atoms with Crippen molar-refractivity contribution in [2.45, 2.75) is 84.5 Å². The molecule has 2 N–H and O–H groups in total. The van der Waals surface area contributed by atoms with E-state index in [9.17, 15) is 20.2 Å². The summed E-state index contributed by atoms with van der Waals surface area (Å²) in [5.74, 6) is 0.176. The Hall–Kier alpha value is -2.26. The Kier molecular flexibility index (Phi) is 12.4. The fourth-order valence-electron chi connectivity index (χ4n) is 6.54. The Bertz CT molecular complexity index is 1020. The lowest BCUT2D eigenvalue weighted by Crippen LogP contribution is -2.48. The Balaban J connectivity index is 2.39. The van der Waals surface area contributed by atoms with E-state index in [1.54, 1.807) is 14.2 Å². The van der Waals surface area contributed by atoms with E-state index in [-0.39, 0.29) is 29.7 Å². The molecule has 226 valence electrons. The summed E-state index contributed by atoms with van der Waals surface area (Å²) < 4.78 is 16.6. The normalized spacial score (nSPS) is 23.0. The summed E-state index contributed by atoms with van der Waals surface area (Å²) in [6.45, 7) is 15.4. The summed E-state index contributed by atoms with van der Waals surface area (Å²) in [5, 5.41) is 13.9. The minimum atomic E-state index is -2.68. The molecule has 1 saturated carbocycles. The van der Waals surface area contributed by atoms with Crippen LogP contribution in [0.25, 0.3) is 10.4 Å². The van der Waals surface area contributed by atoms with Crippen LogP contribution in [0, 0.1) is 35.5 Å². The van der Waals surface area contributed by atoms with E-state index >= 15 is 0 Å². The molecule has 1 aromatic rings. The number of hydrogen-bond acceptors (Lipinski definition) is 6. The number of carboxylic acid groups (broad SMARTS) is 1. The molecule has 0 amide bonds. The van der Waals surface area contributed by atoms with Gasteiger partial charge >= 0.3 is 5.97 Å². The van der Waals surface area contributed by atoms with E-state index < -0.39 is 25.2 Å². The molecule has 0 bridgehead atoms. The molecule has 10 heteroatoms. The number of azide groups is 1. The Labute approximate surface area is 241 Å². The predicted molar refractivity (Wildman–Crippen MR) is 160 cm³/mol. The van der Waals surface area contributed by atoms with Gasteiger partial charge in [0.05, 0.1) is 19.6 Å². The first-order valence-electron chi connectivity index (χ1n) is 14.5. The molecule has 2 unspecified atom stereocenters. The Morgan fingerprint density at radius 2 is 1.90 bits per heavy atom. The Morgan fingerprint density at radius 1 is 1.23 bits per heavy atom. The average molecular weight is 578 g/mol. The van der Waals surface area contributed by atoms with E-state index in [2.05, 4.69) is 37.7 Å². The molecule has 0 saturated heterocycles. The summed E-state index contributed by atoms with van der Waals surface area (Å²) in [4.78, 5) is 26.7. The fourth-order valence-corrected chi connectivity index (χ4v) is 7.83. The molecule has 2 rings (SSSR count). The molecule has 6 atom stereocenters. The molecule has 40 heavy (non-hydrogen) atoms. The van der Waals surface area contributed by atoms with Crippen molar-refractivity contribution in [1.82, 2.24) is 0 Å². The predicted octanol–water partition coefficient (Wildman–Crippen LogP) is 6.94. The van der Waals surface area contributed by atoms with Crippen molar-refractivity contribution < 1.29 is 28.9 Å². The first-order chi connectivity index (χ1) is 18.7. The molecule has 1 fully saturated rings. The molecule has 1 aromatic carbocycles. The maximum atomic E-state index is 12.2. The Morgan fingerprint density at radius 3 is 2.42 bits per heavy atom. The number of hydrogen-bond donors (Lipinski definition) is 2. The van der Waals surface area contributed by atoms with E-state index in [0.717, 1.165) is 18.4 Å². The molecular weight excluding hydrogens is 526 g/mol. The minimum Gasteiger partial charge on any atom is -0.493 e. The van der Waals surface area contributed by atoms with Crippen molar-refractivity contribution in [3.05, 3.63) is 34.2 Å². The van der Waals surface area contributed by atoms with Crippen molar-refractivity contribution in [2.75, 3.05) is 27.4 Å². The lowest BCUT2D eigenvalue weighted by Gasteiger charge is -2.46. The minimum absolute atomic E-state index is 0.0725. The monoisotopic (exact) mass is 577 g/mol. The molecule has 9 nitrogen and oxygen atoms in total. The summed E-state index contributed by atoms with van der Waals surface area (Å²) in [5.41, 5.74) is 10.7. The molecule has 1 aliphatic rings. The number of methoxy groups -OCH3 is 2. The first-order valence-corrected chi connectivity index (χ1v) is 17.4. The van der Waals surface area contributed by atoms with Gasteiger partial charge in [0.1, 0.15) is 0 Å². The topological polar surface area (TPSA) is 134 Å². The van der Waals surface area contributed by atoms with Gasteiger partial charge in [-0.05, 0) is 90.2 Å². The van der Waals surface area contributed by atoms with Crippen molar-refractivity contribution in [1.29, 1.82) is 0 Å². The lowest BCUT2D eigenvalue weighted by molar-refractivity contribution is -0.143. The molecule has 0 aromatic heterocycles. The van der Waals surface area contributed by atoms with E-state index in [1.807, 2.05) is 38.2 Å². The average Bonchev–Trinajstić information content (AvgIpc) is 3.23. The van der Waals surface area contributed by atoms with Gasteiger partial charge in [-0.15, -0.1) is 0 Å². The summed E-state index contributed by atoms with van der Waals surface area (Å²) >= 11 is 0. The summed E-state index contributed by atoms with van der Waals surface area (Å²) in [6.07, 6.45) is 2.62. The zero-order chi connectivity index (χ0) is 30.3. The number of carbonyl (C=O) groups is 1. The van der Waals surface area contributed by atoms with E-state index in [1.165, 1.54) is 0 Å². The second-order valence-electron chi connectivity index (χ2n) is 12.9. The third-order valence-corrected chi connectivity index (χ3v) is 13.1. The molecule has 0 aliphatic heterocycles. The highest BCUT2D eigenvalue weighted by Gasteiger charge is 2.57. The maximum absolute atomic E-state index is 12.2. The largest absolute Gasteiger partial charge is 0.493 e. The van der Waals surface area contributed by atoms with Gasteiger partial charge in [-0.25, -0.2) is 0 Å². The van der Waals surface area contributed by atoms with Crippen molar-refractivity contribution >= 4 is 14.3 Å². The van der Waals surface area contributed by atoms with Gasteiger partial charge in [-0.2, -0.15) is 0 Å². The molecule has 1 aliphatic carbocycles. The smallest absolute Gasteiger partial charge is 0.306 e. The van der Waals surface area contributed by atoms with E-state index in [0.29, 0.717) is 43.5 Å². The van der Waals surface area contributed by atoms with Crippen LogP contribution in [0.2, 0.25) is 18.1 Å². The molecule has 0 heterocycles. The van der Waals surface area contributed by atoms with Crippen molar-refractivity contribution in [2.24, 2.45) is 40.6 Å². The van der Waals surface area contributed by atoms with Gasteiger partial charge in [0, 0.05) is 31.1 Å². The number of nitrogens with zero attached hydrogens (tertiary/aromatic N) is 3. The van der Waals surface area contributed by atoms with Gasteiger partial charge < -0.3 is 24.1 Å². The zero-order valence-electron chi connectivity index (χ0n) is 25.9. The number of aliphatic carboxylic acids is 1. The quantitative estimate of drug-likeness (QED) is 0.0718. The number of benzene rings is 1. The molecule has 0 radical (unpaired) electrons. The summed E-state index contributed by atoms with van der Waals surface area (Å²) in [6, 6.07) is 5.62. The van der Waals surface area contributed by atoms with Gasteiger partial charge in [0.15, 0.2) is 19.8 Å². The van der Waals surface area contributed by atoms with Crippen LogP contribution in [0.4, 0.5) is 0 Å². The number of rotatable bonds is 16. The van der Waals surface area contributed by atoms with Crippen LogP contribution >= 0.6 is 0 Å². The van der Waals surface area contributed by atoms with Crippen LogP contribution in [0.3, 0.4) is 0 Å². The van der Waals surface area contributed by atoms with Gasteiger partial charge in [-0.1, -0.05) is 45.8 Å². The highest BCUT2D eigenvalue weighted by atomic mass is 28.4. The van der Waals surface area contributed by atoms with Crippen molar-refractivity contribution in [3.63, 3.8) is 0 Å². The van der Waals surface area contributed by atoms with Gasteiger partial charge in [0.25, 0.3) is 0 Å². The molecular formula is C30H51N3O6Si. The highest BCUT2D eigenvalue weighted by Crippen LogP contribution is 2.59. The third-order valence-electron chi connectivity index (χ3n) is 9.57. The highest BCUT2D eigenvalue weighted by molar-refractivity contribution is 6.73. The number of ether oxygens (including phenoxy) is 3. The second kappa shape index (κ2) is 14.6. The van der Waals surface area contributed by atoms with Crippen molar-refractivity contribution in [3.8, 4) is 11.5 Å². The van der Waals surface area contributed by atoms with Gasteiger partial charge in [-0.3, -0.25) is 4.79 Å². The third kappa shape index (κ3) is 8.15. The zero-order valence-corrected chi connectivity index (χ0v) is 26.9. The van der Waals surface area contributed by atoms with Crippen LogP contribution < -0.4 is 9.47 Å². The van der Waals surface area contributed by atoms with Crippen LogP contribution in [0.1, 0.15) is 59.4 Å². The van der Waals surface area contributed by atoms with Crippen LogP contribution in [-0.2, 0) is 16.0 Å². The van der Waals surface area contributed by atoms with Crippen LogP contribution in [0.15, 0.2) is 23.3 Å². The second-order valence-corrected chi connectivity index (χ2v) is 17.3. The van der Waals surface area contributed by atoms with Crippen LogP contribution in [-0.4, -0.2) is 57.7 Å². The first kappa shape index (κ1) is 33.9. The lowest BCUT2D eigenvalue weighted by atomic mass is 9.73. The fraction of sp³-hybridized carbons (Fsp3) is 0.767. The number of carboxylic acids is 1. The van der Waals surface area contributed by atoms with E-state index in [4.69, 9.17) is 14.2 Å². The molecule has 0 spiro atoms. The SMILES string of the molecule is COCCCOc1cc(C[C@@H](C[C@H](N=[N+]=[N-])[C@@H]2C[C@H](C(=O)O)C(C)C2C(C)(C)[Si](C)(C)O)C(C)C)ccc1OC. The maximum Gasteiger partial charge on any atom is 0.306 e.